The molecular formula is C9H15NO3S2. The Balaban J connectivity index is 3.21. The Labute approximate surface area is 94.2 Å². The molecule has 0 radical (unpaired) electrons. The summed E-state index contributed by atoms with van der Waals surface area (Å²) in [5.41, 5.74) is 0. The molecule has 0 saturated carbocycles. The summed E-state index contributed by atoms with van der Waals surface area (Å²) >= 11 is 1.31. The summed E-state index contributed by atoms with van der Waals surface area (Å²) in [6, 6.07) is 1.54. The highest BCUT2D eigenvalue weighted by atomic mass is 32.2. The average molecular weight is 249 g/mol. The number of aliphatic hydroxyl groups excluding tert-OH is 1. The molecule has 1 N–H and O–H groups in total. The lowest BCUT2D eigenvalue weighted by atomic mass is 10.4. The summed E-state index contributed by atoms with van der Waals surface area (Å²) in [6.45, 7) is 3.86. The summed E-state index contributed by atoms with van der Waals surface area (Å²) in [5, 5.41) is 8.94. The van der Waals surface area contributed by atoms with E-state index < -0.39 is 10.0 Å². The maximum absolute atomic E-state index is 12.0. The Morgan fingerprint density at radius 3 is 2.53 bits per heavy atom. The van der Waals surface area contributed by atoms with Crippen LogP contribution in [0.1, 0.15) is 16.7 Å². The van der Waals surface area contributed by atoms with Crippen molar-refractivity contribution in [1.29, 1.82) is 0 Å². The van der Waals surface area contributed by atoms with Crippen molar-refractivity contribution in [2.75, 3.05) is 13.6 Å². The van der Waals surface area contributed by atoms with Crippen molar-refractivity contribution in [3.8, 4) is 0 Å². The Morgan fingerprint density at radius 2 is 2.13 bits per heavy atom. The van der Waals surface area contributed by atoms with Gasteiger partial charge < -0.3 is 5.11 Å². The van der Waals surface area contributed by atoms with E-state index in [1.165, 1.54) is 15.6 Å². The van der Waals surface area contributed by atoms with E-state index in [1.54, 1.807) is 27.0 Å². The van der Waals surface area contributed by atoms with E-state index >= 15 is 0 Å². The number of hydrogen-bond acceptors (Lipinski definition) is 4. The molecule has 0 amide bonds. The van der Waals surface area contributed by atoms with Crippen LogP contribution in [0.15, 0.2) is 11.0 Å². The molecule has 1 aromatic rings. The zero-order valence-corrected chi connectivity index (χ0v) is 10.7. The fourth-order valence-corrected chi connectivity index (χ4v) is 3.84. The van der Waals surface area contributed by atoms with Crippen LogP contribution in [0.5, 0.6) is 0 Å². The third-order valence-electron chi connectivity index (χ3n) is 2.21. The lowest BCUT2D eigenvalue weighted by Crippen LogP contribution is -2.26. The third kappa shape index (κ3) is 2.39. The molecule has 1 aromatic heterocycles. The fourth-order valence-electron chi connectivity index (χ4n) is 1.20. The summed E-state index contributed by atoms with van der Waals surface area (Å²) in [4.78, 5) is 1.70. The van der Waals surface area contributed by atoms with Crippen LogP contribution in [0.3, 0.4) is 0 Å². The highest BCUT2D eigenvalue weighted by Gasteiger charge is 2.23. The molecule has 86 valence electrons. The van der Waals surface area contributed by atoms with E-state index in [9.17, 15) is 8.42 Å². The molecule has 0 saturated heterocycles. The summed E-state index contributed by atoms with van der Waals surface area (Å²) in [7, 11) is -1.83. The Hall–Kier alpha value is -0.430. The molecule has 0 fully saturated rings. The number of aliphatic hydroxyl groups is 1. The zero-order chi connectivity index (χ0) is 11.6. The molecular weight excluding hydrogens is 234 g/mol. The first-order valence-electron chi connectivity index (χ1n) is 4.60. The SMILES string of the molecule is CCN(C)S(=O)(=O)c1cc(CO)sc1C. The van der Waals surface area contributed by atoms with Crippen LogP contribution in [-0.4, -0.2) is 31.4 Å². The molecule has 0 aromatic carbocycles. The van der Waals surface area contributed by atoms with Gasteiger partial charge in [-0.15, -0.1) is 11.3 Å². The first-order valence-corrected chi connectivity index (χ1v) is 6.85. The van der Waals surface area contributed by atoms with Crippen molar-refractivity contribution < 1.29 is 13.5 Å². The molecule has 0 atom stereocenters. The van der Waals surface area contributed by atoms with E-state index in [2.05, 4.69) is 0 Å². The van der Waals surface area contributed by atoms with Crippen LogP contribution in [0.25, 0.3) is 0 Å². The van der Waals surface area contributed by atoms with Gasteiger partial charge in [-0.2, -0.15) is 0 Å². The molecule has 0 aliphatic heterocycles. The van der Waals surface area contributed by atoms with Gasteiger partial charge in [-0.25, -0.2) is 12.7 Å². The largest absolute Gasteiger partial charge is 0.391 e. The number of nitrogens with zero attached hydrogens (tertiary/aromatic N) is 1. The van der Waals surface area contributed by atoms with Crippen LogP contribution in [0, 0.1) is 6.92 Å². The van der Waals surface area contributed by atoms with Gasteiger partial charge in [-0.3, -0.25) is 0 Å². The van der Waals surface area contributed by atoms with Crippen LogP contribution < -0.4 is 0 Å². The maximum atomic E-state index is 12.0. The van der Waals surface area contributed by atoms with Crippen LogP contribution in [0.2, 0.25) is 0 Å². The minimum Gasteiger partial charge on any atom is -0.391 e. The minimum absolute atomic E-state index is 0.114. The lowest BCUT2D eigenvalue weighted by Gasteiger charge is -2.14. The summed E-state index contributed by atoms with van der Waals surface area (Å²) in [5.74, 6) is 0. The smallest absolute Gasteiger partial charge is 0.243 e. The standard InChI is InChI=1S/C9H15NO3S2/c1-4-10(3)15(12,13)9-5-8(6-11)14-7(9)2/h5,11H,4,6H2,1-3H3. The van der Waals surface area contributed by atoms with Crippen molar-refractivity contribution in [3.63, 3.8) is 0 Å². The molecule has 6 heteroatoms. The maximum Gasteiger partial charge on any atom is 0.243 e. The number of sulfonamides is 1. The van der Waals surface area contributed by atoms with Crippen molar-refractivity contribution in [3.05, 3.63) is 15.8 Å². The van der Waals surface area contributed by atoms with Gasteiger partial charge in [0.25, 0.3) is 0 Å². The number of hydrogen-bond donors (Lipinski definition) is 1. The third-order valence-corrected chi connectivity index (χ3v) is 5.44. The van der Waals surface area contributed by atoms with Crippen molar-refractivity contribution >= 4 is 21.4 Å². The van der Waals surface area contributed by atoms with Crippen LogP contribution in [-0.2, 0) is 16.6 Å². The fraction of sp³-hybridized carbons (Fsp3) is 0.556. The molecule has 0 aliphatic carbocycles. The van der Waals surface area contributed by atoms with Crippen molar-refractivity contribution in [2.45, 2.75) is 25.3 Å². The van der Waals surface area contributed by atoms with Gasteiger partial charge in [-0.1, -0.05) is 6.92 Å². The monoisotopic (exact) mass is 249 g/mol. The summed E-state index contributed by atoms with van der Waals surface area (Å²) < 4.78 is 25.2. The second-order valence-corrected chi connectivity index (χ2v) is 6.56. The van der Waals surface area contributed by atoms with Gasteiger partial charge in [0.2, 0.25) is 10.0 Å². The van der Waals surface area contributed by atoms with Crippen LogP contribution in [0.4, 0.5) is 0 Å². The molecule has 4 nitrogen and oxygen atoms in total. The molecule has 0 unspecified atom stereocenters. The first kappa shape index (κ1) is 12.6. The van der Waals surface area contributed by atoms with Crippen LogP contribution >= 0.6 is 11.3 Å². The number of aryl methyl sites for hydroxylation is 1. The Kier molecular flexibility index (Phi) is 3.88. The van der Waals surface area contributed by atoms with Gasteiger partial charge in [0.15, 0.2) is 0 Å². The molecule has 0 bridgehead atoms. The van der Waals surface area contributed by atoms with E-state index in [-0.39, 0.29) is 6.61 Å². The topological polar surface area (TPSA) is 57.6 Å². The van der Waals surface area contributed by atoms with Gasteiger partial charge in [0, 0.05) is 23.3 Å². The number of thiophene rings is 1. The van der Waals surface area contributed by atoms with E-state index in [0.717, 1.165) is 4.88 Å². The highest BCUT2D eigenvalue weighted by molar-refractivity contribution is 7.89. The molecule has 1 rings (SSSR count). The lowest BCUT2D eigenvalue weighted by molar-refractivity contribution is 0.285. The van der Waals surface area contributed by atoms with Gasteiger partial charge in [-0.05, 0) is 13.0 Å². The summed E-state index contributed by atoms with van der Waals surface area (Å²) in [6.07, 6.45) is 0. The minimum atomic E-state index is -3.38. The highest BCUT2D eigenvalue weighted by Crippen LogP contribution is 2.27. The van der Waals surface area contributed by atoms with Gasteiger partial charge in [0.1, 0.15) is 0 Å². The molecule has 0 aliphatic rings. The molecule has 1 heterocycles. The predicted molar refractivity (Wildman–Crippen MR) is 60.5 cm³/mol. The van der Waals surface area contributed by atoms with E-state index in [4.69, 9.17) is 5.11 Å². The normalized spacial score (nSPS) is 12.3. The zero-order valence-electron chi connectivity index (χ0n) is 9.02. The molecule has 15 heavy (non-hydrogen) atoms. The van der Waals surface area contributed by atoms with Gasteiger partial charge >= 0.3 is 0 Å². The van der Waals surface area contributed by atoms with E-state index in [0.29, 0.717) is 16.3 Å². The van der Waals surface area contributed by atoms with Crippen molar-refractivity contribution in [1.82, 2.24) is 4.31 Å². The second kappa shape index (κ2) is 4.61. The average Bonchev–Trinajstić information content (AvgIpc) is 2.58. The predicted octanol–water partition coefficient (Wildman–Crippen LogP) is 1.19. The van der Waals surface area contributed by atoms with Crippen molar-refractivity contribution in [2.24, 2.45) is 0 Å². The second-order valence-electron chi connectivity index (χ2n) is 3.21. The quantitative estimate of drug-likeness (QED) is 0.872. The van der Waals surface area contributed by atoms with E-state index in [1.807, 2.05) is 0 Å². The number of rotatable bonds is 4. The molecule has 0 spiro atoms. The Morgan fingerprint density at radius 1 is 1.53 bits per heavy atom. The van der Waals surface area contributed by atoms with Gasteiger partial charge in [0.05, 0.1) is 11.5 Å². The Bertz CT molecular complexity index is 436. The first-order chi connectivity index (χ1) is 6.93.